The fourth-order valence-corrected chi connectivity index (χ4v) is 3.15. The zero-order chi connectivity index (χ0) is 13.6. The molecule has 1 N–H and O–H groups in total. The van der Waals surface area contributed by atoms with Crippen molar-refractivity contribution in [1.82, 2.24) is 0 Å². The minimum absolute atomic E-state index is 0.268. The molecule has 0 aliphatic carbocycles. The van der Waals surface area contributed by atoms with E-state index in [2.05, 4.69) is 19.2 Å². The molecule has 1 aliphatic heterocycles. The predicted molar refractivity (Wildman–Crippen MR) is 78.1 cm³/mol. The molecular weight excluding hydrogens is 238 g/mol. The molecule has 19 heavy (non-hydrogen) atoms. The number of benzene rings is 1. The summed E-state index contributed by atoms with van der Waals surface area (Å²) in [4.78, 5) is 11.6. The van der Waals surface area contributed by atoms with Crippen molar-refractivity contribution in [3.63, 3.8) is 0 Å². The number of nitrogens with one attached hydrogen (secondary N) is 1. The Kier molecular flexibility index (Phi) is 2.85. The van der Waals surface area contributed by atoms with Gasteiger partial charge in [0.1, 0.15) is 5.58 Å². The highest BCUT2D eigenvalue weighted by molar-refractivity contribution is 5.90. The molecule has 3 nitrogen and oxygen atoms in total. The Hall–Kier alpha value is -1.77. The number of anilines is 1. The summed E-state index contributed by atoms with van der Waals surface area (Å²) in [7, 11) is 0. The van der Waals surface area contributed by atoms with E-state index in [0.717, 1.165) is 36.0 Å². The lowest BCUT2D eigenvalue weighted by Crippen LogP contribution is -2.15. The Bertz CT molecular complexity index is 698. The maximum absolute atomic E-state index is 11.6. The molecule has 0 amide bonds. The minimum Gasteiger partial charge on any atom is -0.423 e. The second kappa shape index (κ2) is 4.41. The molecule has 1 aliphatic rings. The Balaban J connectivity index is 2.46. The number of hydrogen-bond donors (Lipinski definition) is 1. The molecule has 1 aromatic heterocycles. The third-order valence-electron chi connectivity index (χ3n) is 3.88. The summed E-state index contributed by atoms with van der Waals surface area (Å²) in [5.41, 5.74) is 5.32. The lowest BCUT2D eigenvalue weighted by Gasteiger charge is -2.24. The highest BCUT2D eigenvalue weighted by atomic mass is 16.4. The number of hydrogen-bond acceptors (Lipinski definition) is 3. The molecule has 0 spiro atoms. The van der Waals surface area contributed by atoms with Gasteiger partial charge in [0.05, 0.1) is 0 Å². The van der Waals surface area contributed by atoms with Crippen molar-refractivity contribution < 1.29 is 4.42 Å². The Labute approximate surface area is 112 Å². The second-order valence-corrected chi connectivity index (χ2v) is 5.62. The second-order valence-electron chi connectivity index (χ2n) is 5.62. The fourth-order valence-electron chi connectivity index (χ4n) is 3.15. The van der Waals surface area contributed by atoms with Crippen LogP contribution in [0.2, 0.25) is 0 Å². The van der Waals surface area contributed by atoms with Gasteiger partial charge in [0.25, 0.3) is 0 Å². The standard InChI is InChI=1S/C16H19NO2/c1-9(2)15-11-5-4-6-17-12(11)8-13-16(15)10(3)7-14(18)19-13/h7-9,17H,4-6H2,1-3H3. The van der Waals surface area contributed by atoms with E-state index in [-0.39, 0.29) is 5.63 Å². The third kappa shape index (κ3) is 1.93. The summed E-state index contributed by atoms with van der Waals surface area (Å²) in [6, 6.07) is 3.58. The third-order valence-corrected chi connectivity index (χ3v) is 3.88. The summed E-state index contributed by atoms with van der Waals surface area (Å²) >= 11 is 0. The first kappa shape index (κ1) is 12.3. The number of rotatable bonds is 1. The van der Waals surface area contributed by atoms with Gasteiger partial charge >= 0.3 is 5.63 Å². The summed E-state index contributed by atoms with van der Waals surface area (Å²) in [6.07, 6.45) is 2.26. The normalized spacial score (nSPS) is 14.5. The van der Waals surface area contributed by atoms with Crippen LogP contribution in [-0.2, 0) is 6.42 Å². The van der Waals surface area contributed by atoms with Crippen LogP contribution in [0.3, 0.4) is 0 Å². The van der Waals surface area contributed by atoms with E-state index in [1.807, 2.05) is 13.0 Å². The van der Waals surface area contributed by atoms with Crippen molar-refractivity contribution in [2.75, 3.05) is 11.9 Å². The molecule has 0 radical (unpaired) electrons. The van der Waals surface area contributed by atoms with Gasteiger partial charge in [0.15, 0.2) is 0 Å². The molecular formula is C16H19NO2. The van der Waals surface area contributed by atoms with Gasteiger partial charge in [-0.3, -0.25) is 0 Å². The van der Waals surface area contributed by atoms with Gasteiger partial charge in [-0.2, -0.15) is 0 Å². The molecule has 3 rings (SSSR count). The van der Waals surface area contributed by atoms with Crippen molar-refractivity contribution >= 4 is 16.7 Å². The Morgan fingerprint density at radius 1 is 1.32 bits per heavy atom. The highest BCUT2D eigenvalue weighted by Gasteiger charge is 2.20. The van der Waals surface area contributed by atoms with E-state index in [1.54, 1.807) is 6.07 Å². The SMILES string of the molecule is Cc1cc(=O)oc2cc3c(c(C(C)C)c12)CCCN3. The zero-order valence-electron chi connectivity index (χ0n) is 11.7. The first-order chi connectivity index (χ1) is 9.08. The molecule has 0 atom stereocenters. The molecule has 0 bridgehead atoms. The van der Waals surface area contributed by atoms with Crippen LogP contribution in [0.25, 0.3) is 11.0 Å². The summed E-state index contributed by atoms with van der Waals surface area (Å²) in [6.45, 7) is 7.39. The van der Waals surface area contributed by atoms with Gasteiger partial charge in [-0.1, -0.05) is 13.8 Å². The topological polar surface area (TPSA) is 42.2 Å². The van der Waals surface area contributed by atoms with Crippen LogP contribution >= 0.6 is 0 Å². The van der Waals surface area contributed by atoms with Crippen molar-refractivity contribution in [2.45, 2.75) is 39.5 Å². The van der Waals surface area contributed by atoms with Crippen LogP contribution in [0.4, 0.5) is 5.69 Å². The van der Waals surface area contributed by atoms with E-state index in [9.17, 15) is 4.79 Å². The molecule has 0 unspecified atom stereocenters. The van der Waals surface area contributed by atoms with Crippen LogP contribution in [0.1, 0.15) is 42.9 Å². The summed E-state index contributed by atoms with van der Waals surface area (Å²) < 4.78 is 5.40. The van der Waals surface area contributed by atoms with Gasteiger partial charge in [-0.15, -0.1) is 0 Å². The quantitative estimate of drug-likeness (QED) is 0.794. The monoisotopic (exact) mass is 257 g/mol. The summed E-state index contributed by atoms with van der Waals surface area (Å²) in [5, 5.41) is 4.55. The lowest BCUT2D eigenvalue weighted by atomic mass is 9.87. The van der Waals surface area contributed by atoms with Gasteiger partial charge in [0.2, 0.25) is 0 Å². The van der Waals surface area contributed by atoms with E-state index in [0.29, 0.717) is 11.5 Å². The van der Waals surface area contributed by atoms with E-state index in [1.165, 1.54) is 11.1 Å². The average molecular weight is 257 g/mol. The van der Waals surface area contributed by atoms with E-state index >= 15 is 0 Å². The van der Waals surface area contributed by atoms with Gasteiger partial charge in [-0.25, -0.2) is 4.79 Å². The minimum atomic E-state index is -0.268. The molecule has 3 heteroatoms. The van der Waals surface area contributed by atoms with Crippen LogP contribution in [0.5, 0.6) is 0 Å². The molecule has 1 aromatic carbocycles. The highest BCUT2D eigenvalue weighted by Crippen LogP contribution is 2.37. The lowest BCUT2D eigenvalue weighted by molar-refractivity contribution is 0.558. The van der Waals surface area contributed by atoms with Crippen LogP contribution < -0.4 is 10.9 Å². The van der Waals surface area contributed by atoms with Crippen LogP contribution in [-0.4, -0.2) is 6.54 Å². The number of aryl methyl sites for hydroxylation is 1. The first-order valence-corrected chi connectivity index (χ1v) is 6.92. The zero-order valence-corrected chi connectivity index (χ0v) is 11.7. The molecule has 0 fully saturated rings. The maximum Gasteiger partial charge on any atom is 0.336 e. The van der Waals surface area contributed by atoms with Crippen molar-refractivity contribution in [1.29, 1.82) is 0 Å². The largest absolute Gasteiger partial charge is 0.423 e. The Morgan fingerprint density at radius 3 is 2.84 bits per heavy atom. The molecule has 0 saturated heterocycles. The Morgan fingerprint density at radius 2 is 2.11 bits per heavy atom. The molecule has 100 valence electrons. The fraction of sp³-hybridized carbons (Fsp3) is 0.438. The van der Waals surface area contributed by atoms with Crippen molar-refractivity contribution in [2.24, 2.45) is 0 Å². The van der Waals surface area contributed by atoms with Crippen molar-refractivity contribution in [3.8, 4) is 0 Å². The molecule has 0 saturated carbocycles. The predicted octanol–water partition coefficient (Wildman–Crippen LogP) is 3.58. The first-order valence-electron chi connectivity index (χ1n) is 6.92. The molecule has 2 aromatic rings. The number of fused-ring (bicyclic) bond motifs is 2. The van der Waals surface area contributed by atoms with Crippen LogP contribution in [0, 0.1) is 6.92 Å². The average Bonchev–Trinajstić information content (AvgIpc) is 2.35. The van der Waals surface area contributed by atoms with E-state index < -0.39 is 0 Å². The van der Waals surface area contributed by atoms with Crippen molar-refractivity contribution in [3.05, 3.63) is 39.2 Å². The maximum atomic E-state index is 11.6. The van der Waals surface area contributed by atoms with Crippen LogP contribution in [0.15, 0.2) is 21.3 Å². The summed E-state index contributed by atoms with van der Waals surface area (Å²) in [5.74, 6) is 0.420. The van der Waals surface area contributed by atoms with Gasteiger partial charge < -0.3 is 9.73 Å². The van der Waals surface area contributed by atoms with E-state index in [4.69, 9.17) is 4.42 Å². The smallest absolute Gasteiger partial charge is 0.336 e. The van der Waals surface area contributed by atoms with Gasteiger partial charge in [-0.05, 0) is 42.4 Å². The van der Waals surface area contributed by atoms with Gasteiger partial charge in [0, 0.05) is 29.8 Å². The molecule has 2 heterocycles.